The topological polar surface area (TPSA) is 111 Å². The molecular weight excluding hydrogens is 966 g/mol. The molecule has 10 heteroatoms. The second-order valence-corrected chi connectivity index (χ2v) is 24.2. The van der Waals surface area contributed by atoms with Gasteiger partial charge in [-0.05, 0) is 77.0 Å². The molecule has 0 aliphatic heterocycles. The Morgan fingerprint density at radius 1 is 0.421 bits per heavy atom. The molecule has 2 unspecified atom stereocenters. The largest absolute Gasteiger partial charge is 0.756 e. The third-order valence-corrected chi connectivity index (χ3v) is 15.0. The number of unbranched alkanes of at least 4 members (excludes halogenated alkanes) is 35. The lowest BCUT2D eigenvalue weighted by atomic mass is 10.0. The number of carbonyl (C=O) groups is 2. The SMILES string of the molecule is CC/C=C\C/C=C\C/C=C\C/C=C\CCCCCCC(=O)OC(COC(=O)CCCCCCCCCCCCCCCCCCCCCCCCC/C=C\CCCCCCCCCC)COP(=O)([O-])OCC[N+](C)(C)C. The molecule has 0 saturated carbocycles. The number of hydrogen-bond acceptors (Lipinski definition) is 8. The second-order valence-electron chi connectivity index (χ2n) is 22.7. The summed E-state index contributed by atoms with van der Waals surface area (Å²) in [6.07, 6.45) is 74.5. The third-order valence-electron chi connectivity index (χ3n) is 14.0. The zero-order valence-corrected chi connectivity index (χ0v) is 51.3. The van der Waals surface area contributed by atoms with E-state index in [0.717, 1.165) is 70.6 Å². The van der Waals surface area contributed by atoms with Gasteiger partial charge in [0.05, 0.1) is 27.7 Å². The number of ether oxygens (including phenoxy) is 2. The number of rotatable bonds is 59. The quantitative estimate of drug-likeness (QED) is 0.0195. The summed E-state index contributed by atoms with van der Waals surface area (Å²) in [7, 11) is 1.15. The van der Waals surface area contributed by atoms with Gasteiger partial charge in [-0.15, -0.1) is 0 Å². The van der Waals surface area contributed by atoms with Crippen LogP contribution in [0, 0.1) is 0 Å². The molecule has 9 nitrogen and oxygen atoms in total. The summed E-state index contributed by atoms with van der Waals surface area (Å²) >= 11 is 0. The number of nitrogens with zero attached hydrogens (tertiary/aromatic N) is 1. The molecule has 0 amide bonds. The molecule has 0 aliphatic rings. The fourth-order valence-electron chi connectivity index (χ4n) is 9.12. The molecule has 0 spiro atoms. The molecular formula is C66H122NO8P. The van der Waals surface area contributed by atoms with Gasteiger partial charge in [0.15, 0.2) is 6.10 Å². The maximum atomic E-state index is 12.8. The van der Waals surface area contributed by atoms with E-state index < -0.39 is 26.5 Å². The standard InChI is InChI=1S/C66H122NO8P/c1-6-8-10-12-14-16-18-20-22-24-25-26-27-28-29-30-31-32-33-34-35-36-37-38-39-40-41-43-44-46-48-50-52-54-56-58-65(68)72-62-64(63-74-76(70,71)73-61-60-67(3,4)5)75-66(69)59-57-55-53-51-49-47-45-42-23-21-19-17-15-13-11-9-7-2/h9,11,15,17,21,23-25,45,47,64H,6-8,10,12-14,16,18-20,22,26-44,46,48-63H2,1-5H3/b11-9-,17-15-,23-21-,25-24-,47-45-. The maximum absolute atomic E-state index is 12.8. The fraction of sp³-hybridized carbons (Fsp3) is 0.818. The minimum Gasteiger partial charge on any atom is -0.756 e. The first kappa shape index (κ1) is 73.7. The molecule has 0 aromatic rings. The summed E-state index contributed by atoms with van der Waals surface area (Å²) < 4.78 is 34.1. The molecule has 0 radical (unpaired) electrons. The van der Waals surface area contributed by atoms with Crippen LogP contribution in [0.15, 0.2) is 60.8 Å². The average molecular weight is 1090 g/mol. The number of allylic oxidation sites excluding steroid dienone is 10. The van der Waals surface area contributed by atoms with Gasteiger partial charge in [-0.25, -0.2) is 0 Å². The minimum atomic E-state index is -4.64. The molecule has 444 valence electrons. The minimum absolute atomic E-state index is 0.0367. The Bertz CT molecular complexity index is 1470. The van der Waals surface area contributed by atoms with Gasteiger partial charge in [0.1, 0.15) is 19.8 Å². The highest BCUT2D eigenvalue weighted by atomic mass is 31.2. The highest BCUT2D eigenvalue weighted by Crippen LogP contribution is 2.38. The number of likely N-dealkylation sites (N-methyl/N-ethyl adjacent to an activating group) is 1. The number of esters is 2. The van der Waals surface area contributed by atoms with Crippen molar-refractivity contribution in [2.45, 2.75) is 302 Å². The molecule has 0 aliphatic carbocycles. The number of hydrogen-bond donors (Lipinski definition) is 0. The van der Waals surface area contributed by atoms with Crippen molar-refractivity contribution in [3.05, 3.63) is 60.8 Å². The molecule has 0 bridgehead atoms. The predicted octanol–water partition coefficient (Wildman–Crippen LogP) is 19.6. The molecule has 0 heterocycles. The molecule has 0 aromatic heterocycles. The van der Waals surface area contributed by atoms with Crippen molar-refractivity contribution in [3.63, 3.8) is 0 Å². The molecule has 76 heavy (non-hydrogen) atoms. The fourth-order valence-corrected chi connectivity index (χ4v) is 9.84. The summed E-state index contributed by atoms with van der Waals surface area (Å²) in [5, 5.41) is 0. The van der Waals surface area contributed by atoms with E-state index in [4.69, 9.17) is 18.5 Å². The zero-order valence-electron chi connectivity index (χ0n) is 50.5. The number of phosphoric acid groups is 1. The Labute approximate surface area is 470 Å². The summed E-state index contributed by atoms with van der Waals surface area (Å²) in [6, 6.07) is 0. The van der Waals surface area contributed by atoms with Crippen LogP contribution in [0.4, 0.5) is 0 Å². The van der Waals surface area contributed by atoms with Crippen LogP contribution in [-0.2, 0) is 32.7 Å². The van der Waals surface area contributed by atoms with Crippen LogP contribution in [-0.4, -0.2) is 70.0 Å². The van der Waals surface area contributed by atoms with E-state index in [9.17, 15) is 19.0 Å². The third kappa shape index (κ3) is 60.9. The highest BCUT2D eigenvalue weighted by molar-refractivity contribution is 7.45. The summed E-state index contributed by atoms with van der Waals surface area (Å²) in [5.41, 5.74) is 0. The lowest BCUT2D eigenvalue weighted by molar-refractivity contribution is -0.870. The predicted molar refractivity (Wildman–Crippen MR) is 323 cm³/mol. The van der Waals surface area contributed by atoms with Crippen molar-refractivity contribution in [2.75, 3.05) is 47.5 Å². The van der Waals surface area contributed by atoms with Gasteiger partial charge in [0.25, 0.3) is 7.82 Å². The summed E-state index contributed by atoms with van der Waals surface area (Å²) in [4.78, 5) is 37.9. The number of quaternary nitrogens is 1. The van der Waals surface area contributed by atoms with Gasteiger partial charge in [0.2, 0.25) is 0 Å². The van der Waals surface area contributed by atoms with Gasteiger partial charge < -0.3 is 27.9 Å². The smallest absolute Gasteiger partial charge is 0.306 e. The monoisotopic (exact) mass is 1090 g/mol. The lowest BCUT2D eigenvalue weighted by Crippen LogP contribution is -2.37. The van der Waals surface area contributed by atoms with Crippen LogP contribution >= 0.6 is 7.82 Å². The van der Waals surface area contributed by atoms with E-state index in [1.165, 1.54) is 193 Å². The van der Waals surface area contributed by atoms with Crippen LogP contribution < -0.4 is 4.89 Å². The van der Waals surface area contributed by atoms with Crippen molar-refractivity contribution in [3.8, 4) is 0 Å². The van der Waals surface area contributed by atoms with Gasteiger partial charge >= 0.3 is 11.9 Å². The van der Waals surface area contributed by atoms with E-state index >= 15 is 0 Å². The van der Waals surface area contributed by atoms with Crippen molar-refractivity contribution < 1.29 is 42.1 Å². The first-order valence-corrected chi connectivity index (χ1v) is 33.5. The molecule has 0 N–H and O–H groups in total. The van der Waals surface area contributed by atoms with Crippen LogP contribution in [0.3, 0.4) is 0 Å². The van der Waals surface area contributed by atoms with Gasteiger partial charge in [0, 0.05) is 12.8 Å². The van der Waals surface area contributed by atoms with Crippen molar-refractivity contribution in [1.29, 1.82) is 0 Å². The summed E-state index contributed by atoms with van der Waals surface area (Å²) in [6.45, 7) is 4.12. The Morgan fingerprint density at radius 2 is 0.750 bits per heavy atom. The Balaban J connectivity index is 3.97. The number of carbonyl (C=O) groups excluding carboxylic acids is 2. The van der Waals surface area contributed by atoms with Crippen molar-refractivity contribution >= 4 is 19.8 Å². The normalized spacial score (nSPS) is 13.6. The lowest BCUT2D eigenvalue weighted by Gasteiger charge is -2.28. The molecule has 2 atom stereocenters. The van der Waals surface area contributed by atoms with Crippen LogP contribution in [0.25, 0.3) is 0 Å². The van der Waals surface area contributed by atoms with E-state index in [0.29, 0.717) is 17.4 Å². The van der Waals surface area contributed by atoms with Crippen LogP contribution in [0.2, 0.25) is 0 Å². The molecule has 0 fully saturated rings. The van der Waals surface area contributed by atoms with Crippen LogP contribution in [0.1, 0.15) is 296 Å². The van der Waals surface area contributed by atoms with Gasteiger partial charge in [-0.2, -0.15) is 0 Å². The molecule has 0 rings (SSSR count). The highest BCUT2D eigenvalue weighted by Gasteiger charge is 2.22. The molecule has 0 saturated heterocycles. The second kappa shape index (κ2) is 57.4. The van der Waals surface area contributed by atoms with Gasteiger partial charge in [-0.1, -0.05) is 267 Å². The Kier molecular flexibility index (Phi) is 55.7. The first-order valence-electron chi connectivity index (χ1n) is 32.0. The van der Waals surface area contributed by atoms with Crippen molar-refractivity contribution in [1.82, 2.24) is 0 Å². The first-order chi connectivity index (χ1) is 37.0. The van der Waals surface area contributed by atoms with Crippen LogP contribution in [0.5, 0.6) is 0 Å². The van der Waals surface area contributed by atoms with Crippen molar-refractivity contribution in [2.24, 2.45) is 0 Å². The van der Waals surface area contributed by atoms with E-state index in [1.807, 2.05) is 21.1 Å². The van der Waals surface area contributed by atoms with Gasteiger partial charge in [-0.3, -0.25) is 14.2 Å². The molecule has 0 aromatic carbocycles. The Hall–Kier alpha value is -2.29. The van der Waals surface area contributed by atoms with E-state index in [2.05, 4.69) is 74.6 Å². The average Bonchev–Trinajstić information content (AvgIpc) is 3.38. The summed E-state index contributed by atoms with van der Waals surface area (Å²) in [5.74, 6) is -0.852. The van der Waals surface area contributed by atoms with E-state index in [1.54, 1.807) is 0 Å². The number of phosphoric ester groups is 1. The Morgan fingerprint density at radius 3 is 1.13 bits per heavy atom. The maximum Gasteiger partial charge on any atom is 0.306 e. The van der Waals surface area contributed by atoms with E-state index in [-0.39, 0.29) is 32.0 Å². The zero-order chi connectivity index (χ0) is 55.6.